The van der Waals surface area contributed by atoms with Gasteiger partial charge in [-0.15, -0.1) is 0 Å². The van der Waals surface area contributed by atoms with Gasteiger partial charge >= 0.3 is 0 Å². The molecule has 0 heterocycles. The summed E-state index contributed by atoms with van der Waals surface area (Å²) in [6, 6.07) is 24.5. The van der Waals surface area contributed by atoms with E-state index in [1.54, 1.807) is 4.90 Å². The Labute approximate surface area is 274 Å². The van der Waals surface area contributed by atoms with Crippen LogP contribution in [0.5, 0.6) is 0 Å². The van der Waals surface area contributed by atoms with E-state index in [9.17, 15) is 18.0 Å². The van der Waals surface area contributed by atoms with Gasteiger partial charge in [-0.25, -0.2) is 8.42 Å². The molecule has 0 saturated heterocycles. The lowest BCUT2D eigenvalue weighted by Gasteiger charge is -2.57. The highest BCUT2D eigenvalue weighted by Crippen LogP contribution is 2.60. The number of anilines is 1. The Morgan fingerprint density at radius 3 is 2.02 bits per heavy atom. The van der Waals surface area contributed by atoms with Crippen molar-refractivity contribution in [1.29, 1.82) is 0 Å². The maximum atomic E-state index is 14.4. The Kier molecular flexibility index (Phi) is 9.28. The van der Waals surface area contributed by atoms with Gasteiger partial charge in [-0.1, -0.05) is 66.7 Å². The molecule has 1 atom stereocenters. The lowest BCUT2D eigenvalue weighted by atomic mass is 9.48. The number of carbonyl (C=O) groups is 2. The maximum absolute atomic E-state index is 14.4. The standard InChI is InChI=1S/C38H47N3O4S/c1-4-39-37(43)35(21-28-11-6-5-7-12-28)40(25-32-13-9-8-10-27(32)2)36(42)26-41(46(3,44)45)34-16-14-33(15-17-34)38-22-29-18-30(23-38)20-31(19-29)24-38/h5-17,29-31,35H,4,18-26H2,1-3H3,(H,39,43)/t29?,30?,31?,35-,38?/m0/s1. The molecule has 7 nitrogen and oxygen atoms in total. The maximum Gasteiger partial charge on any atom is 0.244 e. The SMILES string of the molecule is CCNC(=O)[C@H](Cc1ccccc1)N(Cc1ccccc1C)C(=O)CN(c1ccc(C23CC4CC(CC(C4)C2)C3)cc1)S(C)(=O)=O. The van der Waals surface area contributed by atoms with E-state index in [0.717, 1.165) is 40.7 Å². The van der Waals surface area contributed by atoms with Crippen LogP contribution < -0.4 is 9.62 Å². The molecule has 244 valence electrons. The van der Waals surface area contributed by atoms with Crippen molar-refractivity contribution in [3.63, 3.8) is 0 Å². The molecule has 4 bridgehead atoms. The summed E-state index contributed by atoms with van der Waals surface area (Å²) >= 11 is 0. The lowest BCUT2D eigenvalue weighted by Crippen LogP contribution is -2.53. The predicted octanol–water partition coefficient (Wildman–Crippen LogP) is 6.01. The number of amides is 2. The van der Waals surface area contributed by atoms with Crippen molar-refractivity contribution in [2.75, 3.05) is 23.7 Å². The van der Waals surface area contributed by atoms with E-state index in [1.807, 2.05) is 80.6 Å². The van der Waals surface area contributed by atoms with Crippen molar-refractivity contribution in [3.05, 3.63) is 101 Å². The fraction of sp³-hybridized carbons (Fsp3) is 0.474. The molecule has 4 fully saturated rings. The molecular formula is C38H47N3O4S. The van der Waals surface area contributed by atoms with Crippen molar-refractivity contribution < 1.29 is 18.0 Å². The summed E-state index contributed by atoms with van der Waals surface area (Å²) < 4.78 is 27.8. The van der Waals surface area contributed by atoms with E-state index >= 15 is 0 Å². The lowest BCUT2D eigenvalue weighted by molar-refractivity contribution is -0.140. The van der Waals surface area contributed by atoms with E-state index < -0.39 is 28.5 Å². The van der Waals surface area contributed by atoms with Crippen LogP contribution in [0.1, 0.15) is 67.7 Å². The molecule has 1 N–H and O–H groups in total. The number of hydrogen-bond donors (Lipinski definition) is 1. The summed E-state index contributed by atoms with van der Waals surface area (Å²) in [4.78, 5) is 29.5. The van der Waals surface area contributed by atoms with E-state index in [0.29, 0.717) is 18.7 Å². The zero-order valence-electron chi connectivity index (χ0n) is 27.3. The van der Waals surface area contributed by atoms with Crippen LogP contribution in [0.2, 0.25) is 0 Å². The highest BCUT2D eigenvalue weighted by atomic mass is 32.2. The average molecular weight is 642 g/mol. The molecule has 4 aliphatic carbocycles. The van der Waals surface area contributed by atoms with Gasteiger partial charge in [0, 0.05) is 19.5 Å². The van der Waals surface area contributed by atoms with Crippen LogP contribution in [-0.2, 0) is 38.0 Å². The molecule has 4 aliphatic rings. The molecular weight excluding hydrogens is 595 g/mol. The third-order valence-electron chi connectivity index (χ3n) is 10.7. The highest BCUT2D eigenvalue weighted by molar-refractivity contribution is 7.92. The number of benzene rings is 3. The molecule has 0 aliphatic heterocycles. The molecule has 8 heteroatoms. The molecule has 3 aromatic rings. The van der Waals surface area contributed by atoms with Crippen LogP contribution in [0, 0.1) is 24.7 Å². The van der Waals surface area contributed by atoms with E-state index in [2.05, 4.69) is 17.4 Å². The number of carbonyl (C=O) groups excluding carboxylic acids is 2. The first-order valence-corrected chi connectivity index (χ1v) is 18.6. The smallest absolute Gasteiger partial charge is 0.244 e. The van der Waals surface area contributed by atoms with E-state index in [1.165, 1.54) is 48.4 Å². The molecule has 2 amide bonds. The van der Waals surface area contributed by atoms with E-state index in [-0.39, 0.29) is 17.9 Å². The fourth-order valence-electron chi connectivity index (χ4n) is 8.88. The second kappa shape index (κ2) is 13.2. The Bertz CT molecular complexity index is 1620. The third kappa shape index (κ3) is 6.87. The summed E-state index contributed by atoms with van der Waals surface area (Å²) in [5.41, 5.74) is 4.79. The second-order valence-corrected chi connectivity index (χ2v) is 16.0. The molecule has 0 radical (unpaired) electrons. The molecule has 3 aromatic carbocycles. The van der Waals surface area contributed by atoms with Crippen molar-refractivity contribution in [1.82, 2.24) is 10.2 Å². The van der Waals surface area contributed by atoms with Crippen molar-refractivity contribution in [2.24, 2.45) is 17.8 Å². The molecule has 46 heavy (non-hydrogen) atoms. The number of likely N-dealkylation sites (N-methyl/N-ethyl adjacent to an activating group) is 1. The van der Waals surface area contributed by atoms with Crippen LogP contribution in [0.25, 0.3) is 0 Å². The molecule has 0 unspecified atom stereocenters. The first-order chi connectivity index (χ1) is 22.0. The first-order valence-electron chi connectivity index (χ1n) is 16.8. The summed E-state index contributed by atoms with van der Waals surface area (Å²) in [5, 5.41) is 2.91. The minimum absolute atomic E-state index is 0.183. The van der Waals surface area contributed by atoms with Gasteiger partial charge in [0.25, 0.3) is 0 Å². The van der Waals surface area contributed by atoms with Gasteiger partial charge in [0.1, 0.15) is 12.6 Å². The van der Waals surface area contributed by atoms with Gasteiger partial charge in [0.15, 0.2) is 0 Å². The van der Waals surface area contributed by atoms with Crippen LogP contribution in [0.4, 0.5) is 5.69 Å². The normalized spacial score (nSPS) is 23.9. The van der Waals surface area contributed by atoms with Crippen molar-refractivity contribution >= 4 is 27.5 Å². The zero-order chi connectivity index (χ0) is 32.5. The highest BCUT2D eigenvalue weighted by Gasteiger charge is 2.51. The summed E-state index contributed by atoms with van der Waals surface area (Å²) in [6.45, 7) is 4.03. The molecule has 7 rings (SSSR count). The summed E-state index contributed by atoms with van der Waals surface area (Å²) in [5.74, 6) is 1.74. The number of sulfonamides is 1. The average Bonchev–Trinajstić information content (AvgIpc) is 3.02. The number of rotatable bonds is 12. The van der Waals surface area contributed by atoms with E-state index in [4.69, 9.17) is 0 Å². The number of hydrogen-bond acceptors (Lipinski definition) is 4. The summed E-state index contributed by atoms with van der Waals surface area (Å²) in [7, 11) is -3.82. The largest absolute Gasteiger partial charge is 0.355 e. The quantitative estimate of drug-likeness (QED) is 0.263. The van der Waals surface area contributed by atoms with Crippen LogP contribution in [-0.4, -0.2) is 50.5 Å². The Morgan fingerprint density at radius 1 is 0.870 bits per heavy atom. The Morgan fingerprint density at radius 2 is 1.46 bits per heavy atom. The number of nitrogens with one attached hydrogen (secondary N) is 1. The monoisotopic (exact) mass is 641 g/mol. The first kappa shape index (κ1) is 32.3. The molecule has 0 spiro atoms. The van der Waals surface area contributed by atoms with Gasteiger partial charge in [-0.3, -0.25) is 13.9 Å². The zero-order valence-corrected chi connectivity index (χ0v) is 28.1. The third-order valence-corrected chi connectivity index (χ3v) is 11.8. The summed E-state index contributed by atoms with van der Waals surface area (Å²) in [6.07, 6.45) is 9.22. The number of nitrogens with zero attached hydrogens (tertiary/aromatic N) is 2. The van der Waals surface area contributed by atoms with Crippen molar-refractivity contribution in [3.8, 4) is 0 Å². The van der Waals surface area contributed by atoms with Gasteiger partial charge in [0.05, 0.1) is 11.9 Å². The fourth-order valence-corrected chi connectivity index (χ4v) is 9.73. The van der Waals surface area contributed by atoms with Gasteiger partial charge in [-0.05, 0) is 110 Å². The Hall–Kier alpha value is -3.65. The number of aryl methyl sites for hydroxylation is 1. The van der Waals surface area contributed by atoms with Crippen LogP contribution >= 0.6 is 0 Å². The van der Waals surface area contributed by atoms with Gasteiger partial charge in [0.2, 0.25) is 21.8 Å². The van der Waals surface area contributed by atoms with Crippen molar-refractivity contribution in [2.45, 2.75) is 76.8 Å². The minimum atomic E-state index is -3.82. The Balaban J connectivity index is 1.30. The van der Waals surface area contributed by atoms with Gasteiger partial charge in [-0.2, -0.15) is 0 Å². The molecule has 0 aromatic heterocycles. The molecule has 4 saturated carbocycles. The predicted molar refractivity (Wildman–Crippen MR) is 183 cm³/mol. The van der Waals surface area contributed by atoms with Gasteiger partial charge < -0.3 is 10.2 Å². The topological polar surface area (TPSA) is 86.8 Å². The van der Waals surface area contributed by atoms with Crippen LogP contribution in [0.15, 0.2) is 78.9 Å². The minimum Gasteiger partial charge on any atom is -0.355 e. The van der Waals surface area contributed by atoms with Crippen LogP contribution in [0.3, 0.4) is 0 Å². The second-order valence-electron chi connectivity index (χ2n) is 14.1.